The van der Waals surface area contributed by atoms with Crippen molar-refractivity contribution in [3.63, 3.8) is 0 Å². The minimum absolute atomic E-state index is 0.103. The number of carbonyl (C=O) groups is 1. The molecule has 3 N–H and O–H groups in total. The number of rotatable bonds is 7. The zero-order valence-electron chi connectivity index (χ0n) is 15.2. The van der Waals surface area contributed by atoms with Crippen LogP contribution in [0.5, 0.6) is 11.5 Å². The molecule has 0 spiro atoms. The molecule has 140 valence electrons. The highest BCUT2D eigenvalue weighted by molar-refractivity contribution is 5.96. The molecule has 0 unspecified atom stereocenters. The Kier molecular flexibility index (Phi) is 5.55. The van der Waals surface area contributed by atoms with Gasteiger partial charge in [0.25, 0.3) is 5.91 Å². The number of nitrogens with two attached hydrogens (primary N) is 1. The molecule has 0 bridgehead atoms. The summed E-state index contributed by atoms with van der Waals surface area (Å²) in [6.45, 7) is 0.743. The molecule has 27 heavy (non-hydrogen) atoms. The van der Waals surface area contributed by atoms with Crippen LogP contribution >= 0.6 is 0 Å². The molecule has 3 aromatic rings. The number of nitrogens with zero attached hydrogens (tertiary/aromatic N) is 3. The van der Waals surface area contributed by atoms with Crippen molar-refractivity contribution >= 4 is 11.7 Å². The third-order valence-electron chi connectivity index (χ3n) is 4.06. The summed E-state index contributed by atoms with van der Waals surface area (Å²) in [5, 5.41) is 10.7. The van der Waals surface area contributed by atoms with Crippen LogP contribution in [-0.2, 0) is 13.1 Å². The van der Waals surface area contributed by atoms with E-state index in [1.807, 2.05) is 36.4 Å². The summed E-state index contributed by atoms with van der Waals surface area (Å²) in [6.07, 6.45) is 0. The minimum atomic E-state index is -0.387. The molecule has 3 rings (SSSR count). The molecule has 0 aliphatic heterocycles. The number of benzene rings is 2. The van der Waals surface area contributed by atoms with E-state index in [0.717, 1.165) is 11.1 Å². The number of amides is 1. The number of hydrogen-bond acceptors (Lipinski definition) is 6. The van der Waals surface area contributed by atoms with Gasteiger partial charge in [-0.1, -0.05) is 41.6 Å². The minimum Gasteiger partial charge on any atom is -0.493 e. The average Bonchev–Trinajstić information content (AvgIpc) is 3.07. The fourth-order valence-corrected chi connectivity index (χ4v) is 2.61. The van der Waals surface area contributed by atoms with E-state index >= 15 is 0 Å². The Balaban J connectivity index is 1.66. The van der Waals surface area contributed by atoms with E-state index in [2.05, 4.69) is 15.6 Å². The summed E-state index contributed by atoms with van der Waals surface area (Å²) >= 11 is 0. The van der Waals surface area contributed by atoms with Gasteiger partial charge in [-0.15, -0.1) is 5.10 Å². The second-order valence-corrected chi connectivity index (χ2v) is 5.84. The predicted molar refractivity (Wildman–Crippen MR) is 101 cm³/mol. The van der Waals surface area contributed by atoms with Crippen LogP contribution in [-0.4, -0.2) is 35.1 Å². The zero-order valence-corrected chi connectivity index (χ0v) is 15.2. The van der Waals surface area contributed by atoms with Gasteiger partial charge in [0.1, 0.15) is 0 Å². The maximum absolute atomic E-state index is 12.4. The Morgan fingerprint density at radius 3 is 2.52 bits per heavy atom. The van der Waals surface area contributed by atoms with E-state index in [1.54, 1.807) is 26.4 Å². The lowest BCUT2D eigenvalue weighted by atomic mass is 10.2. The van der Waals surface area contributed by atoms with Gasteiger partial charge in [0.15, 0.2) is 23.0 Å². The molecule has 0 radical (unpaired) electrons. The van der Waals surface area contributed by atoms with Crippen LogP contribution in [0.25, 0.3) is 0 Å². The van der Waals surface area contributed by atoms with Crippen LogP contribution in [0.4, 0.5) is 5.82 Å². The number of carbonyl (C=O) groups excluding carboxylic acids is 1. The lowest BCUT2D eigenvalue weighted by Gasteiger charge is -2.10. The first kappa shape index (κ1) is 18.2. The van der Waals surface area contributed by atoms with Crippen LogP contribution in [0, 0.1) is 0 Å². The fraction of sp³-hybridized carbons (Fsp3) is 0.211. The standard InChI is InChI=1S/C19H21N5O3/c1-26-15-9-8-14(10-16(15)27-2)11-21-19(25)17-18(20)24(23-22-17)12-13-6-4-3-5-7-13/h3-10H,11-12,20H2,1-2H3,(H,21,25). The van der Waals surface area contributed by atoms with Gasteiger partial charge in [-0.2, -0.15) is 0 Å². The van der Waals surface area contributed by atoms with Crippen molar-refractivity contribution in [2.75, 3.05) is 20.0 Å². The number of nitrogen functional groups attached to an aromatic ring is 1. The average molecular weight is 367 g/mol. The van der Waals surface area contributed by atoms with Crippen molar-refractivity contribution < 1.29 is 14.3 Å². The van der Waals surface area contributed by atoms with Gasteiger partial charge < -0.3 is 20.5 Å². The monoisotopic (exact) mass is 367 g/mol. The second-order valence-electron chi connectivity index (χ2n) is 5.84. The van der Waals surface area contributed by atoms with E-state index in [4.69, 9.17) is 15.2 Å². The maximum Gasteiger partial charge on any atom is 0.275 e. The first-order valence-corrected chi connectivity index (χ1v) is 8.34. The van der Waals surface area contributed by atoms with Gasteiger partial charge in [0.2, 0.25) is 0 Å². The fourth-order valence-electron chi connectivity index (χ4n) is 2.61. The first-order valence-electron chi connectivity index (χ1n) is 8.34. The van der Waals surface area contributed by atoms with E-state index in [-0.39, 0.29) is 17.4 Å². The van der Waals surface area contributed by atoms with Crippen molar-refractivity contribution in [2.45, 2.75) is 13.1 Å². The molecular formula is C19H21N5O3. The Hall–Kier alpha value is -3.55. The molecule has 0 aliphatic carbocycles. The number of ether oxygens (including phenoxy) is 2. The molecule has 8 heteroatoms. The Morgan fingerprint density at radius 2 is 1.81 bits per heavy atom. The van der Waals surface area contributed by atoms with Crippen molar-refractivity contribution in [3.05, 3.63) is 65.4 Å². The molecule has 2 aromatic carbocycles. The number of hydrogen-bond donors (Lipinski definition) is 2. The van der Waals surface area contributed by atoms with Crippen molar-refractivity contribution in [3.8, 4) is 11.5 Å². The predicted octanol–water partition coefficient (Wildman–Crippen LogP) is 1.86. The van der Waals surface area contributed by atoms with Crippen LogP contribution in [0.1, 0.15) is 21.6 Å². The highest BCUT2D eigenvalue weighted by atomic mass is 16.5. The largest absolute Gasteiger partial charge is 0.493 e. The molecule has 1 aromatic heterocycles. The molecule has 8 nitrogen and oxygen atoms in total. The summed E-state index contributed by atoms with van der Waals surface area (Å²) < 4.78 is 12.0. The lowest BCUT2D eigenvalue weighted by molar-refractivity contribution is 0.0946. The summed E-state index contributed by atoms with van der Waals surface area (Å²) in [5.74, 6) is 1.06. The van der Waals surface area contributed by atoms with E-state index in [0.29, 0.717) is 24.6 Å². The molecular weight excluding hydrogens is 346 g/mol. The quantitative estimate of drug-likeness (QED) is 0.660. The number of anilines is 1. The Bertz CT molecular complexity index is 924. The van der Waals surface area contributed by atoms with E-state index in [9.17, 15) is 4.79 Å². The number of nitrogens with one attached hydrogen (secondary N) is 1. The van der Waals surface area contributed by atoms with E-state index in [1.165, 1.54) is 4.68 Å². The Morgan fingerprint density at radius 1 is 1.07 bits per heavy atom. The molecule has 1 amide bonds. The van der Waals surface area contributed by atoms with Gasteiger partial charge in [0, 0.05) is 6.54 Å². The van der Waals surface area contributed by atoms with Crippen LogP contribution < -0.4 is 20.5 Å². The van der Waals surface area contributed by atoms with Crippen molar-refractivity contribution in [1.82, 2.24) is 20.3 Å². The molecule has 0 saturated carbocycles. The van der Waals surface area contributed by atoms with Gasteiger partial charge in [-0.3, -0.25) is 4.79 Å². The summed E-state index contributed by atoms with van der Waals surface area (Å²) in [7, 11) is 3.13. The summed E-state index contributed by atoms with van der Waals surface area (Å²) in [5.41, 5.74) is 8.03. The van der Waals surface area contributed by atoms with Crippen LogP contribution in [0.2, 0.25) is 0 Å². The third kappa shape index (κ3) is 4.17. The van der Waals surface area contributed by atoms with Crippen molar-refractivity contribution in [1.29, 1.82) is 0 Å². The molecule has 1 heterocycles. The normalized spacial score (nSPS) is 10.4. The number of aromatic nitrogens is 3. The molecule has 0 saturated heterocycles. The van der Waals surface area contributed by atoms with Crippen LogP contribution in [0.3, 0.4) is 0 Å². The van der Waals surface area contributed by atoms with Crippen molar-refractivity contribution in [2.24, 2.45) is 0 Å². The van der Waals surface area contributed by atoms with E-state index < -0.39 is 0 Å². The maximum atomic E-state index is 12.4. The SMILES string of the molecule is COc1ccc(CNC(=O)c2nnn(Cc3ccccc3)c2N)cc1OC. The zero-order chi connectivity index (χ0) is 19.2. The molecule has 0 fully saturated rings. The van der Waals surface area contributed by atoms with Crippen LogP contribution in [0.15, 0.2) is 48.5 Å². The summed E-state index contributed by atoms with van der Waals surface area (Å²) in [6, 6.07) is 15.1. The smallest absolute Gasteiger partial charge is 0.275 e. The highest BCUT2D eigenvalue weighted by Gasteiger charge is 2.17. The lowest BCUT2D eigenvalue weighted by Crippen LogP contribution is -2.24. The molecule has 0 aliphatic rings. The molecule has 0 atom stereocenters. The third-order valence-corrected chi connectivity index (χ3v) is 4.06. The Labute approximate surface area is 156 Å². The highest BCUT2D eigenvalue weighted by Crippen LogP contribution is 2.27. The second kappa shape index (κ2) is 8.22. The van der Waals surface area contributed by atoms with Gasteiger partial charge in [-0.05, 0) is 23.3 Å². The topological polar surface area (TPSA) is 104 Å². The van der Waals surface area contributed by atoms with Gasteiger partial charge in [-0.25, -0.2) is 4.68 Å². The first-order chi connectivity index (χ1) is 13.1. The van der Waals surface area contributed by atoms with Gasteiger partial charge in [0.05, 0.1) is 20.8 Å². The van der Waals surface area contributed by atoms with Gasteiger partial charge >= 0.3 is 0 Å². The summed E-state index contributed by atoms with van der Waals surface area (Å²) in [4.78, 5) is 12.4. The number of methoxy groups -OCH3 is 2.